The molecule has 0 saturated carbocycles. The number of hydrogen-bond acceptors (Lipinski definition) is 3. The summed E-state index contributed by atoms with van der Waals surface area (Å²) in [5, 5.41) is 10.7. The summed E-state index contributed by atoms with van der Waals surface area (Å²) < 4.78 is 5.17. The summed E-state index contributed by atoms with van der Waals surface area (Å²) in [6.45, 7) is 2.03. The Morgan fingerprint density at radius 3 is 2.88 bits per heavy atom. The first-order valence-electron chi connectivity index (χ1n) is 5.66. The summed E-state index contributed by atoms with van der Waals surface area (Å²) in [4.78, 5) is 0. The van der Waals surface area contributed by atoms with Crippen molar-refractivity contribution >= 4 is 11.8 Å². The van der Waals surface area contributed by atoms with E-state index in [4.69, 9.17) is 4.74 Å². The first-order chi connectivity index (χ1) is 7.72. The van der Waals surface area contributed by atoms with Crippen LogP contribution in [0.5, 0.6) is 5.75 Å². The molecule has 1 aliphatic rings. The predicted octanol–water partition coefficient (Wildman–Crippen LogP) is 2.93. The largest absolute Gasteiger partial charge is 0.497 e. The highest BCUT2D eigenvalue weighted by Gasteiger charge is 2.26. The molecule has 3 heteroatoms. The van der Waals surface area contributed by atoms with Crippen LogP contribution in [0.1, 0.15) is 30.1 Å². The molecule has 1 aromatic rings. The Morgan fingerprint density at radius 2 is 2.31 bits per heavy atom. The second kappa shape index (κ2) is 5.11. The molecule has 1 aliphatic heterocycles. The number of thioether (sulfide) groups is 1. The van der Waals surface area contributed by atoms with E-state index in [1.807, 2.05) is 36.9 Å². The molecule has 1 saturated heterocycles. The highest BCUT2D eigenvalue weighted by Crippen LogP contribution is 2.37. The molecule has 88 valence electrons. The van der Waals surface area contributed by atoms with Gasteiger partial charge in [0.2, 0.25) is 0 Å². The first kappa shape index (κ1) is 11.8. The minimum Gasteiger partial charge on any atom is -0.497 e. The van der Waals surface area contributed by atoms with Crippen molar-refractivity contribution in [2.24, 2.45) is 0 Å². The lowest BCUT2D eigenvalue weighted by molar-refractivity contribution is 0.172. The first-order valence-corrected chi connectivity index (χ1v) is 6.71. The molecule has 2 unspecified atom stereocenters. The van der Waals surface area contributed by atoms with E-state index in [9.17, 15) is 5.11 Å². The van der Waals surface area contributed by atoms with Crippen LogP contribution in [-0.2, 0) is 0 Å². The lowest BCUT2D eigenvalue weighted by Crippen LogP contribution is -2.13. The van der Waals surface area contributed by atoms with E-state index in [2.05, 4.69) is 0 Å². The molecule has 1 aromatic carbocycles. The standard InChI is InChI=1S/C13H18O2S/c1-9-8-10(15-2)5-6-11(9)13(14)12-4-3-7-16-12/h5-6,8,12-14H,3-4,7H2,1-2H3. The molecule has 2 atom stereocenters. The minimum atomic E-state index is -0.335. The molecule has 0 aliphatic carbocycles. The molecule has 1 heterocycles. The summed E-state index contributed by atoms with van der Waals surface area (Å²) in [6, 6.07) is 5.89. The highest BCUT2D eigenvalue weighted by molar-refractivity contribution is 8.00. The van der Waals surface area contributed by atoms with E-state index >= 15 is 0 Å². The lowest BCUT2D eigenvalue weighted by Gasteiger charge is -2.19. The Bertz CT molecular complexity index is 359. The van der Waals surface area contributed by atoms with Gasteiger partial charge in [-0.1, -0.05) is 6.07 Å². The van der Waals surface area contributed by atoms with E-state index in [1.54, 1.807) is 7.11 Å². The van der Waals surface area contributed by atoms with Gasteiger partial charge < -0.3 is 9.84 Å². The minimum absolute atomic E-state index is 0.335. The maximum absolute atomic E-state index is 10.3. The summed E-state index contributed by atoms with van der Waals surface area (Å²) in [7, 11) is 1.66. The summed E-state index contributed by atoms with van der Waals surface area (Å²) in [5.41, 5.74) is 2.15. The van der Waals surface area contributed by atoms with Crippen molar-refractivity contribution in [1.29, 1.82) is 0 Å². The second-order valence-corrected chi connectivity index (χ2v) is 5.57. The van der Waals surface area contributed by atoms with Gasteiger partial charge in [0.05, 0.1) is 13.2 Å². The number of aliphatic hydroxyl groups excluding tert-OH is 1. The van der Waals surface area contributed by atoms with Crippen LogP contribution in [-0.4, -0.2) is 23.2 Å². The fourth-order valence-electron chi connectivity index (χ4n) is 2.16. The normalized spacial score (nSPS) is 22.1. The zero-order chi connectivity index (χ0) is 11.5. The van der Waals surface area contributed by atoms with Crippen molar-refractivity contribution in [2.45, 2.75) is 31.1 Å². The van der Waals surface area contributed by atoms with Crippen LogP contribution in [0.4, 0.5) is 0 Å². The number of rotatable bonds is 3. The lowest BCUT2D eigenvalue weighted by atomic mass is 9.99. The Balaban J connectivity index is 2.19. The second-order valence-electron chi connectivity index (χ2n) is 4.22. The van der Waals surface area contributed by atoms with Gasteiger partial charge in [-0.2, -0.15) is 11.8 Å². The summed E-state index contributed by atoms with van der Waals surface area (Å²) >= 11 is 1.88. The van der Waals surface area contributed by atoms with Gasteiger partial charge in [0.15, 0.2) is 0 Å². The van der Waals surface area contributed by atoms with Crippen LogP contribution in [0.2, 0.25) is 0 Å². The van der Waals surface area contributed by atoms with Crippen molar-refractivity contribution in [2.75, 3.05) is 12.9 Å². The average molecular weight is 238 g/mol. The zero-order valence-electron chi connectivity index (χ0n) is 9.77. The van der Waals surface area contributed by atoms with Crippen molar-refractivity contribution in [3.63, 3.8) is 0 Å². The molecule has 2 nitrogen and oxygen atoms in total. The number of methoxy groups -OCH3 is 1. The maximum atomic E-state index is 10.3. The van der Waals surface area contributed by atoms with Gasteiger partial charge in [-0.05, 0) is 48.8 Å². The molecule has 2 rings (SSSR count). The zero-order valence-corrected chi connectivity index (χ0v) is 10.6. The smallest absolute Gasteiger partial charge is 0.119 e. The molecule has 1 N–H and O–H groups in total. The predicted molar refractivity (Wildman–Crippen MR) is 68.2 cm³/mol. The monoisotopic (exact) mass is 238 g/mol. The summed E-state index contributed by atoms with van der Waals surface area (Å²) in [6.07, 6.45) is 2.01. The van der Waals surface area contributed by atoms with Gasteiger partial charge in [-0.15, -0.1) is 0 Å². The van der Waals surface area contributed by atoms with E-state index in [0.29, 0.717) is 5.25 Å². The number of aliphatic hydroxyl groups is 1. The van der Waals surface area contributed by atoms with Crippen LogP contribution >= 0.6 is 11.8 Å². The third kappa shape index (κ3) is 2.36. The Kier molecular flexibility index (Phi) is 3.77. The van der Waals surface area contributed by atoms with E-state index in [0.717, 1.165) is 23.3 Å². The Hall–Kier alpha value is -0.670. The molecular formula is C13H18O2S. The van der Waals surface area contributed by atoms with Crippen molar-refractivity contribution in [3.8, 4) is 5.75 Å². The van der Waals surface area contributed by atoms with E-state index < -0.39 is 0 Å². The average Bonchev–Trinajstić information content (AvgIpc) is 2.81. The van der Waals surface area contributed by atoms with Gasteiger partial charge in [0.1, 0.15) is 5.75 Å². The molecule has 0 bridgehead atoms. The molecule has 0 amide bonds. The SMILES string of the molecule is COc1ccc(C(O)C2CCCS2)c(C)c1. The topological polar surface area (TPSA) is 29.5 Å². The molecule has 0 radical (unpaired) electrons. The fourth-order valence-corrected chi connectivity index (χ4v) is 3.46. The molecular weight excluding hydrogens is 220 g/mol. The highest BCUT2D eigenvalue weighted by atomic mass is 32.2. The van der Waals surface area contributed by atoms with Crippen LogP contribution in [0.3, 0.4) is 0 Å². The molecule has 0 spiro atoms. The van der Waals surface area contributed by atoms with Crippen LogP contribution < -0.4 is 4.74 Å². The van der Waals surface area contributed by atoms with Gasteiger partial charge in [-0.3, -0.25) is 0 Å². The third-order valence-electron chi connectivity index (χ3n) is 3.11. The van der Waals surface area contributed by atoms with Crippen molar-refractivity contribution in [3.05, 3.63) is 29.3 Å². The maximum Gasteiger partial charge on any atom is 0.119 e. The van der Waals surface area contributed by atoms with E-state index in [-0.39, 0.29) is 6.10 Å². The van der Waals surface area contributed by atoms with Gasteiger partial charge in [0.25, 0.3) is 0 Å². The van der Waals surface area contributed by atoms with Gasteiger partial charge >= 0.3 is 0 Å². The number of hydrogen-bond donors (Lipinski definition) is 1. The molecule has 1 fully saturated rings. The number of benzene rings is 1. The van der Waals surface area contributed by atoms with Crippen LogP contribution in [0.25, 0.3) is 0 Å². The fraction of sp³-hybridized carbons (Fsp3) is 0.538. The molecule has 0 aromatic heterocycles. The molecule has 16 heavy (non-hydrogen) atoms. The quantitative estimate of drug-likeness (QED) is 0.878. The van der Waals surface area contributed by atoms with Crippen LogP contribution in [0, 0.1) is 6.92 Å². The Labute approximate surface area is 101 Å². The number of ether oxygens (including phenoxy) is 1. The van der Waals surface area contributed by atoms with Crippen molar-refractivity contribution in [1.82, 2.24) is 0 Å². The van der Waals surface area contributed by atoms with E-state index in [1.165, 1.54) is 12.2 Å². The van der Waals surface area contributed by atoms with Crippen molar-refractivity contribution < 1.29 is 9.84 Å². The third-order valence-corrected chi connectivity index (χ3v) is 4.56. The van der Waals surface area contributed by atoms with Gasteiger partial charge in [-0.25, -0.2) is 0 Å². The Morgan fingerprint density at radius 1 is 1.50 bits per heavy atom. The number of aryl methyl sites for hydroxylation is 1. The summed E-state index contributed by atoms with van der Waals surface area (Å²) in [5.74, 6) is 2.03. The van der Waals surface area contributed by atoms with Gasteiger partial charge in [0, 0.05) is 5.25 Å². The van der Waals surface area contributed by atoms with Crippen LogP contribution in [0.15, 0.2) is 18.2 Å².